The number of benzene rings is 12. The zero-order valence-electron chi connectivity index (χ0n) is 43.3. The van der Waals surface area contributed by atoms with Crippen molar-refractivity contribution in [3.8, 4) is 55.6 Å². The Morgan fingerprint density at radius 2 is 0.584 bits per heavy atom. The van der Waals surface area contributed by atoms with E-state index in [1.165, 1.54) is 132 Å². The van der Waals surface area contributed by atoms with Crippen LogP contribution in [-0.2, 0) is 16.2 Å². The Morgan fingerprint density at radius 1 is 0.247 bits per heavy atom. The highest BCUT2D eigenvalue weighted by Crippen LogP contribution is 2.64. The number of rotatable bonds is 4. The molecule has 12 aromatic carbocycles. The molecule has 17 rings (SSSR count). The molecule has 2 nitrogen and oxygen atoms in total. The second kappa shape index (κ2) is 15.0. The van der Waals surface area contributed by atoms with Crippen molar-refractivity contribution in [3.05, 3.63) is 275 Å². The van der Waals surface area contributed by atoms with Gasteiger partial charge in [0.15, 0.2) is 0 Å². The van der Waals surface area contributed by atoms with E-state index in [-0.39, 0.29) is 10.8 Å². The van der Waals surface area contributed by atoms with E-state index < -0.39 is 5.41 Å². The number of hydrogen-bond donors (Lipinski definition) is 0. The predicted octanol–water partition coefficient (Wildman–Crippen LogP) is 20.1. The standard InChI is InChI=1S/C75H50O2/c1-73(2)59-39-55-56-40-60-58(70-48-28-14-12-26-46(48)54(38-64(70)74(60,3)4)50-32-20-36-68-72(50)52-30-16-18-34-66(52)77-68)42-62(56)75(43-21-7-5-8-22-43,44-23-9-6-10-24-44)61(55)41-57(59)69-47-27-13-11-25-45(47)53(37-63(69)73)49-31-19-35-67-71(49)51-29-15-17-33-65(51)76-67/h5-42H,1-4H3. The highest BCUT2D eigenvalue weighted by molar-refractivity contribution is 6.20. The Bertz CT molecular complexity index is 4590. The van der Waals surface area contributed by atoms with Gasteiger partial charge >= 0.3 is 0 Å². The van der Waals surface area contributed by atoms with Crippen LogP contribution in [-0.4, -0.2) is 0 Å². The molecule has 0 bridgehead atoms. The lowest BCUT2D eigenvalue weighted by molar-refractivity contribution is 0.660. The summed E-state index contributed by atoms with van der Waals surface area (Å²) in [5.41, 5.74) is 25.8. The molecule has 0 spiro atoms. The molecular weight excluding hydrogens is 933 g/mol. The first-order chi connectivity index (χ1) is 37.7. The first-order valence-corrected chi connectivity index (χ1v) is 27.1. The summed E-state index contributed by atoms with van der Waals surface area (Å²) < 4.78 is 13.0. The maximum absolute atomic E-state index is 6.50. The van der Waals surface area contributed by atoms with E-state index in [4.69, 9.17) is 8.83 Å². The maximum atomic E-state index is 6.50. The smallest absolute Gasteiger partial charge is 0.136 e. The number of furan rings is 2. The van der Waals surface area contributed by atoms with Gasteiger partial charge in [0, 0.05) is 32.4 Å². The Hall–Kier alpha value is -9.24. The van der Waals surface area contributed by atoms with Crippen LogP contribution in [0, 0.1) is 0 Å². The topological polar surface area (TPSA) is 26.3 Å². The van der Waals surface area contributed by atoms with Gasteiger partial charge in [-0.15, -0.1) is 0 Å². The molecule has 77 heavy (non-hydrogen) atoms. The molecular formula is C75H50O2. The third-order valence-electron chi connectivity index (χ3n) is 18.5. The van der Waals surface area contributed by atoms with Gasteiger partial charge in [-0.05, 0) is 182 Å². The van der Waals surface area contributed by atoms with Crippen molar-refractivity contribution < 1.29 is 8.83 Å². The van der Waals surface area contributed by atoms with Crippen LogP contribution in [0.5, 0.6) is 0 Å². The molecule has 0 atom stereocenters. The van der Waals surface area contributed by atoms with Crippen molar-refractivity contribution in [2.24, 2.45) is 0 Å². The zero-order chi connectivity index (χ0) is 51.1. The third-order valence-corrected chi connectivity index (χ3v) is 18.5. The van der Waals surface area contributed by atoms with Crippen LogP contribution < -0.4 is 0 Å². The van der Waals surface area contributed by atoms with E-state index in [1.807, 2.05) is 0 Å². The summed E-state index contributed by atoms with van der Waals surface area (Å²) in [5, 5.41) is 9.66. The highest BCUT2D eigenvalue weighted by Gasteiger charge is 2.51. The first-order valence-electron chi connectivity index (χ1n) is 27.1. The molecule has 362 valence electrons. The van der Waals surface area contributed by atoms with Crippen LogP contribution in [0.4, 0.5) is 0 Å². The van der Waals surface area contributed by atoms with E-state index in [0.29, 0.717) is 0 Å². The minimum absolute atomic E-state index is 0.319. The van der Waals surface area contributed by atoms with E-state index in [9.17, 15) is 0 Å². The van der Waals surface area contributed by atoms with Crippen LogP contribution in [0.1, 0.15) is 72.2 Å². The SMILES string of the molecule is CC1(C)c2cc3c(cc2-c2c1cc(-c1cccc4oc5ccccc5c14)c1ccccc21)C(c1ccccc1)(c1ccccc1)c1cc2c(cc1-3)C(C)(C)c1cc(-c3cccc4oc5ccccc5c34)c3ccccc3c1-2. The van der Waals surface area contributed by atoms with Gasteiger partial charge in [-0.25, -0.2) is 0 Å². The van der Waals surface area contributed by atoms with Gasteiger partial charge in [-0.1, -0.05) is 198 Å². The molecule has 3 aliphatic rings. The highest BCUT2D eigenvalue weighted by atomic mass is 16.3. The van der Waals surface area contributed by atoms with Crippen LogP contribution in [0.3, 0.4) is 0 Å². The Morgan fingerprint density at radius 3 is 1.01 bits per heavy atom. The average molecular weight is 983 g/mol. The second-order valence-electron chi connectivity index (χ2n) is 23.0. The van der Waals surface area contributed by atoms with Crippen LogP contribution in [0.25, 0.3) is 121 Å². The molecule has 0 N–H and O–H groups in total. The first kappa shape index (κ1) is 43.0. The molecule has 0 amide bonds. The molecule has 0 unspecified atom stereocenters. The lowest BCUT2D eigenvalue weighted by Crippen LogP contribution is -2.29. The van der Waals surface area contributed by atoms with Crippen molar-refractivity contribution in [2.45, 2.75) is 43.9 Å². The average Bonchev–Trinajstić information content (AvgIpc) is 4.24. The molecule has 0 aliphatic heterocycles. The molecule has 0 fully saturated rings. The van der Waals surface area contributed by atoms with Crippen molar-refractivity contribution in [1.82, 2.24) is 0 Å². The summed E-state index contributed by atoms with van der Waals surface area (Å²) in [5.74, 6) is 0. The van der Waals surface area contributed by atoms with Crippen molar-refractivity contribution >= 4 is 65.4 Å². The van der Waals surface area contributed by atoms with Crippen LogP contribution in [0.2, 0.25) is 0 Å². The molecule has 3 aliphatic carbocycles. The minimum atomic E-state index is -0.626. The van der Waals surface area contributed by atoms with Crippen molar-refractivity contribution in [3.63, 3.8) is 0 Å². The molecule has 2 aromatic heterocycles. The van der Waals surface area contributed by atoms with Crippen molar-refractivity contribution in [1.29, 1.82) is 0 Å². The van der Waals surface area contributed by atoms with Crippen molar-refractivity contribution in [2.75, 3.05) is 0 Å². The summed E-state index contributed by atoms with van der Waals surface area (Å²) in [7, 11) is 0. The summed E-state index contributed by atoms with van der Waals surface area (Å²) in [6.07, 6.45) is 0. The number of fused-ring (bicyclic) bond motifs is 19. The summed E-state index contributed by atoms with van der Waals surface area (Å²) in [6.45, 7) is 9.80. The molecule has 2 heteroatoms. The minimum Gasteiger partial charge on any atom is -0.456 e. The quantitative estimate of drug-likeness (QED) is 0.176. The van der Waals surface area contributed by atoms with E-state index in [2.05, 4.69) is 258 Å². The monoisotopic (exact) mass is 982 g/mol. The number of hydrogen-bond acceptors (Lipinski definition) is 2. The Balaban J connectivity index is 0.939. The molecule has 0 saturated heterocycles. The fourth-order valence-corrected chi connectivity index (χ4v) is 15.1. The summed E-state index contributed by atoms with van der Waals surface area (Å²) >= 11 is 0. The van der Waals surface area contributed by atoms with E-state index in [1.54, 1.807) is 0 Å². The zero-order valence-corrected chi connectivity index (χ0v) is 43.3. The second-order valence-corrected chi connectivity index (χ2v) is 23.0. The van der Waals surface area contributed by atoms with Gasteiger partial charge < -0.3 is 8.83 Å². The predicted molar refractivity (Wildman–Crippen MR) is 319 cm³/mol. The van der Waals surface area contributed by atoms with E-state index in [0.717, 1.165) is 33.1 Å². The number of para-hydroxylation sites is 2. The molecule has 0 radical (unpaired) electrons. The van der Waals surface area contributed by atoms with Gasteiger partial charge in [-0.2, -0.15) is 0 Å². The van der Waals surface area contributed by atoms with Gasteiger partial charge in [-0.3, -0.25) is 0 Å². The van der Waals surface area contributed by atoms with Crippen LogP contribution in [0.15, 0.2) is 239 Å². The fourth-order valence-electron chi connectivity index (χ4n) is 15.1. The molecule has 0 saturated carbocycles. The maximum Gasteiger partial charge on any atom is 0.136 e. The normalized spacial score (nSPS) is 15.1. The van der Waals surface area contributed by atoms with Gasteiger partial charge in [0.25, 0.3) is 0 Å². The lowest BCUT2D eigenvalue weighted by Gasteiger charge is -2.34. The Labute approximate surface area is 446 Å². The van der Waals surface area contributed by atoms with Gasteiger partial charge in [0.2, 0.25) is 0 Å². The summed E-state index contributed by atoms with van der Waals surface area (Å²) in [4.78, 5) is 0. The fraction of sp³-hybridized carbons (Fsp3) is 0.0933. The molecule has 2 heterocycles. The third kappa shape index (κ3) is 5.44. The van der Waals surface area contributed by atoms with Crippen LogP contribution >= 0.6 is 0 Å². The molecule has 14 aromatic rings. The lowest BCUT2D eigenvalue weighted by atomic mass is 9.67. The van der Waals surface area contributed by atoms with Gasteiger partial charge in [0.05, 0.1) is 5.41 Å². The van der Waals surface area contributed by atoms with Gasteiger partial charge in [0.1, 0.15) is 22.3 Å². The van der Waals surface area contributed by atoms with E-state index >= 15 is 0 Å². The Kier molecular flexibility index (Phi) is 8.38. The summed E-state index contributed by atoms with van der Waals surface area (Å²) in [6, 6.07) is 86.5. The largest absolute Gasteiger partial charge is 0.456 e.